The van der Waals surface area contributed by atoms with E-state index >= 15 is 0 Å². The second kappa shape index (κ2) is 8.87. The molecule has 1 amide bonds. The molecule has 3 aromatic heterocycles. The van der Waals surface area contributed by atoms with Crippen molar-refractivity contribution < 1.29 is 9.18 Å². The zero-order valence-corrected chi connectivity index (χ0v) is 18.1. The summed E-state index contributed by atoms with van der Waals surface area (Å²) >= 11 is 0. The summed E-state index contributed by atoms with van der Waals surface area (Å²) in [5, 5.41) is 3.58. The maximum atomic E-state index is 13.6. The molecule has 0 bridgehead atoms. The van der Waals surface area contributed by atoms with Crippen LogP contribution in [0.4, 0.5) is 16.2 Å². The molecule has 1 N–H and O–H groups in total. The monoisotopic (exact) mass is 443 g/mol. The number of rotatable bonds is 4. The maximum Gasteiger partial charge on any atom is 0.258 e. The second-order valence-electron chi connectivity index (χ2n) is 8.01. The minimum Gasteiger partial charge on any atom is -0.354 e. The number of benzene rings is 1. The highest BCUT2D eigenvalue weighted by Crippen LogP contribution is 2.24. The fourth-order valence-electron chi connectivity index (χ4n) is 3.77. The van der Waals surface area contributed by atoms with Crippen molar-refractivity contribution in [2.45, 2.75) is 0 Å². The van der Waals surface area contributed by atoms with Crippen LogP contribution < -0.4 is 10.2 Å². The molecule has 9 heteroatoms. The van der Waals surface area contributed by atoms with E-state index in [0.29, 0.717) is 16.6 Å². The van der Waals surface area contributed by atoms with E-state index in [1.807, 2.05) is 18.2 Å². The van der Waals surface area contributed by atoms with E-state index in [4.69, 9.17) is 0 Å². The van der Waals surface area contributed by atoms with E-state index in [1.165, 1.54) is 6.07 Å². The average Bonchev–Trinajstić information content (AvgIpc) is 2.84. The molecule has 33 heavy (non-hydrogen) atoms. The molecule has 1 saturated heterocycles. The number of fused-ring (bicyclic) bond motifs is 1. The molecule has 1 aliphatic rings. The van der Waals surface area contributed by atoms with Crippen LogP contribution in [0, 0.1) is 5.82 Å². The summed E-state index contributed by atoms with van der Waals surface area (Å²) < 4.78 is 13.6. The number of aromatic nitrogens is 4. The molecule has 4 heterocycles. The molecule has 1 aliphatic heterocycles. The van der Waals surface area contributed by atoms with E-state index in [1.54, 1.807) is 30.7 Å². The number of hydrogen-bond acceptors (Lipinski definition) is 7. The Kier molecular flexibility index (Phi) is 5.62. The number of hydrogen-bond donors (Lipinski definition) is 1. The molecule has 0 radical (unpaired) electrons. The van der Waals surface area contributed by atoms with Crippen molar-refractivity contribution >= 4 is 28.6 Å². The van der Waals surface area contributed by atoms with Crippen molar-refractivity contribution in [2.24, 2.45) is 0 Å². The molecule has 0 unspecified atom stereocenters. The second-order valence-corrected chi connectivity index (χ2v) is 8.01. The molecule has 166 valence electrons. The van der Waals surface area contributed by atoms with Gasteiger partial charge in [0.25, 0.3) is 5.91 Å². The number of halogens is 1. The minimum absolute atomic E-state index is 0.194. The van der Waals surface area contributed by atoms with Crippen LogP contribution in [0.15, 0.2) is 61.2 Å². The molecule has 8 nitrogen and oxygen atoms in total. The number of nitrogens with zero attached hydrogens (tertiary/aromatic N) is 6. The quantitative estimate of drug-likeness (QED) is 0.518. The molecule has 0 atom stereocenters. The summed E-state index contributed by atoms with van der Waals surface area (Å²) in [4.78, 5) is 34.4. The lowest BCUT2D eigenvalue weighted by molar-refractivity contribution is 0.102. The lowest BCUT2D eigenvalue weighted by Crippen LogP contribution is -2.44. The number of piperazine rings is 1. The third kappa shape index (κ3) is 4.63. The van der Waals surface area contributed by atoms with Crippen molar-refractivity contribution in [1.82, 2.24) is 24.8 Å². The van der Waals surface area contributed by atoms with E-state index in [-0.39, 0.29) is 11.9 Å². The van der Waals surface area contributed by atoms with Crippen molar-refractivity contribution in [2.75, 3.05) is 43.4 Å². The number of carbonyl (C=O) groups excluding carboxylic acids is 1. The summed E-state index contributed by atoms with van der Waals surface area (Å²) in [6.45, 7) is 3.64. The number of pyridine rings is 2. The standard InChI is InChI=1S/C24H22FN7O/c1-31-6-8-32(9-7-31)22-12-17(4-5-27-22)23(33)30-24-28-14-18-3-2-16(11-21(18)29-24)19-10-20(25)15-26-13-19/h2-5,10-15H,6-9H2,1H3,(H,28,29,30,33). The van der Waals surface area contributed by atoms with Crippen LogP contribution in [0.25, 0.3) is 22.0 Å². The smallest absolute Gasteiger partial charge is 0.258 e. The highest BCUT2D eigenvalue weighted by molar-refractivity contribution is 6.04. The van der Waals surface area contributed by atoms with Gasteiger partial charge in [0.1, 0.15) is 11.6 Å². The van der Waals surface area contributed by atoms with Crippen LogP contribution in [0.2, 0.25) is 0 Å². The first kappa shape index (κ1) is 20.9. The number of carbonyl (C=O) groups is 1. The molecular formula is C24H22FN7O. The Hall–Kier alpha value is -3.98. The largest absolute Gasteiger partial charge is 0.354 e. The van der Waals surface area contributed by atoms with Crippen molar-refractivity contribution in [3.63, 3.8) is 0 Å². The molecule has 1 aromatic carbocycles. The van der Waals surface area contributed by atoms with Gasteiger partial charge in [-0.1, -0.05) is 12.1 Å². The first-order chi connectivity index (χ1) is 16.0. The lowest BCUT2D eigenvalue weighted by atomic mass is 10.1. The van der Waals surface area contributed by atoms with Gasteiger partial charge in [-0.25, -0.2) is 19.3 Å². The van der Waals surface area contributed by atoms with E-state index in [0.717, 1.165) is 49.1 Å². The number of amides is 1. The molecule has 0 spiro atoms. The number of anilines is 2. The van der Waals surface area contributed by atoms with Gasteiger partial charge in [-0.2, -0.15) is 0 Å². The first-order valence-electron chi connectivity index (χ1n) is 10.6. The van der Waals surface area contributed by atoms with Crippen LogP contribution in [0.5, 0.6) is 0 Å². The average molecular weight is 443 g/mol. The maximum absolute atomic E-state index is 13.6. The summed E-state index contributed by atoms with van der Waals surface area (Å²) in [6, 6.07) is 10.4. The van der Waals surface area contributed by atoms with Gasteiger partial charge in [-0.05, 0) is 36.9 Å². The van der Waals surface area contributed by atoms with Gasteiger partial charge in [-0.3, -0.25) is 15.1 Å². The minimum atomic E-state index is -0.406. The number of likely N-dealkylation sites (N-methyl/N-ethyl adjacent to an activating group) is 1. The fourth-order valence-corrected chi connectivity index (χ4v) is 3.77. The Bertz CT molecular complexity index is 1320. The van der Waals surface area contributed by atoms with Crippen LogP contribution in [0.1, 0.15) is 10.4 Å². The fraction of sp³-hybridized carbons (Fsp3) is 0.208. The van der Waals surface area contributed by atoms with Crippen LogP contribution in [-0.4, -0.2) is 64.0 Å². The Morgan fingerprint density at radius 1 is 0.970 bits per heavy atom. The lowest BCUT2D eigenvalue weighted by Gasteiger charge is -2.33. The summed E-state index contributed by atoms with van der Waals surface area (Å²) in [5.74, 6) is 0.262. The normalized spacial score (nSPS) is 14.4. The highest BCUT2D eigenvalue weighted by atomic mass is 19.1. The van der Waals surface area contributed by atoms with Gasteiger partial charge in [0.2, 0.25) is 5.95 Å². The van der Waals surface area contributed by atoms with Gasteiger partial charge in [0.15, 0.2) is 0 Å². The first-order valence-corrected chi connectivity index (χ1v) is 10.6. The van der Waals surface area contributed by atoms with Gasteiger partial charge in [0.05, 0.1) is 11.7 Å². The number of nitrogens with one attached hydrogen (secondary N) is 1. The predicted octanol–water partition coefficient (Wildman–Crippen LogP) is 3.23. The topological polar surface area (TPSA) is 87.1 Å². The Morgan fingerprint density at radius 2 is 1.82 bits per heavy atom. The zero-order valence-electron chi connectivity index (χ0n) is 18.1. The molecule has 5 rings (SSSR count). The van der Waals surface area contributed by atoms with Crippen LogP contribution in [0.3, 0.4) is 0 Å². The van der Waals surface area contributed by atoms with E-state index in [2.05, 4.69) is 42.1 Å². The third-order valence-electron chi connectivity index (χ3n) is 5.68. The molecular weight excluding hydrogens is 421 g/mol. The summed E-state index contributed by atoms with van der Waals surface area (Å²) in [5.41, 5.74) is 2.54. The van der Waals surface area contributed by atoms with Crippen molar-refractivity contribution in [1.29, 1.82) is 0 Å². The molecule has 1 fully saturated rings. The molecule has 0 aliphatic carbocycles. The summed E-state index contributed by atoms with van der Waals surface area (Å²) in [7, 11) is 2.09. The van der Waals surface area contributed by atoms with E-state index in [9.17, 15) is 9.18 Å². The predicted molar refractivity (Wildman–Crippen MR) is 125 cm³/mol. The van der Waals surface area contributed by atoms with Crippen molar-refractivity contribution in [3.8, 4) is 11.1 Å². The summed E-state index contributed by atoms with van der Waals surface area (Å²) in [6.07, 6.45) is 6.04. The van der Waals surface area contributed by atoms with Gasteiger partial charge < -0.3 is 9.80 Å². The van der Waals surface area contributed by atoms with Gasteiger partial charge in [-0.15, -0.1) is 0 Å². The third-order valence-corrected chi connectivity index (χ3v) is 5.68. The van der Waals surface area contributed by atoms with Gasteiger partial charge in [0, 0.05) is 61.3 Å². The molecule has 0 saturated carbocycles. The molecule has 4 aromatic rings. The van der Waals surface area contributed by atoms with Crippen LogP contribution >= 0.6 is 0 Å². The van der Waals surface area contributed by atoms with Crippen molar-refractivity contribution in [3.05, 3.63) is 72.6 Å². The van der Waals surface area contributed by atoms with E-state index < -0.39 is 5.82 Å². The SMILES string of the molecule is CN1CCN(c2cc(C(=O)Nc3ncc4ccc(-c5cncc(F)c5)cc4n3)ccn2)CC1. The Labute approximate surface area is 190 Å². The van der Waals surface area contributed by atoms with Crippen LogP contribution in [-0.2, 0) is 0 Å². The van der Waals surface area contributed by atoms with Gasteiger partial charge >= 0.3 is 0 Å². The zero-order chi connectivity index (χ0) is 22.8. The Balaban J connectivity index is 1.36. The highest BCUT2D eigenvalue weighted by Gasteiger charge is 2.17. The Morgan fingerprint density at radius 3 is 2.64 bits per heavy atom.